The zero-order valence-corrected chi connectivity index (χ0v) is 19.2. The smallest absolute Gasteiger partial charge is 0.135 e. The van der Waals surface area contributed by atoms with Crippen LogP contribution in [0.4, 0.5) is 5.82 Å². The Kier molecular flexibility index (Phi) is 6.79. The molecule has 4 nitrogen and oxygen atoms in total. The highest BCUT2D eigenvalue weighted by Crippen LogP contribution is 2.32. The van der Waals surface area contributed by atoms with E-state index in [-0.39, 0.29) is 0 Å². The number of nitrogens with one attached hydrogen (secondary N) is 1. The van der Waals surface area contributed by atoms with E-state index in [9.17, 15) is 0 Å². The molecule has 0 unspecified atom stereocenters. The zero-order chi connectivity index (χ0) is 21.8. The van der Waals surface area contributed by atoms with Crippen molar-refractivity contribution in [1.29, 1.82) is 0 Å². The predicted octanol–water partition coefficient (Wildman–Crippen LogP) is 6.53. The molecule has 31 heavy (non-hydrogen) atoms. The van der Waals surface area contributed by atoms with Crippen molar-refractivity contribution in [3.8, 4) is 11.5 Å². The van der Waals surface area contributed by atoms with Gasteiger partial charge in [0.05, 0.1) is 0 Å². The number of halogens is 1. The average Bonchev–Trinajstić information content (AvgIpc) is 2.72. The molecular formula is C26H30ClN3O. The van der Waals surface area contributed by atoms with Gasteiger partial charge in [-0.05, 0) is 50.3 Å². The fourth-order valence-corrected chi connectivity index (χ4v) is 4.54. The Bertz CT molecular complexity index is 1010. The molecule has 0 spiro atoms. The van der Waals surface area contributed by atoms with Gasteiger partial charge in [0.25, 0.3) is 0 Å². The summed E-state index contributed by atoms with van der Waals surface area (Å²) in [6.07, 6.45) is 2.15. The van der Waals surface area contributed by atoms with Gasteiger partial charge in [-0.25, -0.2) is 4.98 Å². The van der Waals surface area contributed by atoms with Crippen LogP contribution in [-0.4, -0.2) is 29.0 Å². The molecule has 0 bridgehead atoms. The third-order valence-corrected chi connectivity index (χ3v) is 5.97. The molecule has 1 fully saturated rings. The lowest BCUT2D eigenvalue weighted by molar-refractivity contribution is 0.211. The van der Waals surface area contributed by atoms with Crippen LogP contribution in [0, 0.1) is 20.8 Å². The number of ether oxygens (including phenoxy) is 1. The van der Waals surface area contributed by atoms with E-state index in [4.69, 9.17) is 16.3 Å². The standard InChI is InChI=1S/C26H30ClN3O/c1-18-13-19(2)26(20(3)14-18)31-23-15-24(27)29-25(16-23)28-22-9-11-30(12-10-22)17-21-7-5-4-6-8-21/h4-8,13-16,22H,9-12,17H2,1-3H3,(H,28,29). The summed E-state index contributed by atoms with van der Waals surface area (Å²) in [7, 11) is 0. The molecule has 3 aromatic rings. The number of aryl methyl sites for hydroxylation is 3. The molecule has 1 aliphatic heterocycles. The summed E-state index contributed by atoms with van der Waals surface area (Å²) >= 11 is 6.31. The molecule has 2 heterocycles. The Hall–Kier alpha value is -2.56. The van der Waals surface area contributed by atoms with Crippen LogP contribution < -0.4 is 10.1 Å². The second-order valence-electron chi connectivity index (χ2n) is 8.52. The number of aromatic nitrogens is 1. The first kappa shape index (κ1) is 21.7. The first-order valence-electron chi connectivity index (χ1n) is 10.9. The van der Waals surface area contributed by atoms with Crippen molar-refractivity contribution in [3.63, 3.8) is 0 Å². The van der Waals surface area contributed by atoms with Gasteiger partial charge in [0.15, 0.2) is 0 Å². The summed E-state index contributed by atoms with van der Waals surface area (Å²) in [4.78, 5) is 6.99. The quantitative estimate of drug-likeness (QED) is 0.446. The molecule has 1 aliphatic rings. The number of benzene rings is 2. The molecular weight excluding hydrogens is 406 g/mol. The van der Waals surface area contributed by atoms with Crippen molar-refractivity contribution < 1.29 is 4.74 Å². The predicted molar refractivity (Wildman–Crippen MR) is 128 cm³/mol. The molecule has 5 heteroatoms. The van der Waals surface area contributed by atoms with Crippen molar-refractivity contribution >= 4 is 17.4 Å². The molecule has 1 saturated heterocycles. The van der Waals surface area contributed by atoms with Crippen molar-refractivity contribution in [3.05, 3.63) is 82.0 Å². The van der Waals surface area contributed by atoms with Crippen LogP contribution in [-0.2, 0) is 6.54 Å². The Morgan fingerprint density at radius 2 is 1.68 bits per heavy atom. The lowest BCUT2D eigenvalue weighted by Crippen LogP contribution is -2.38. The fourth-order valence-electron chi connectivity index (χ4n) is 4.34. The number of anilines is 1. The largest absolute Gasteiger partial charge is 0.457 e. The summed E-state index contributed by atoms with van der Waals surface area (Å²) in [6, 6.07) is 19.0. The number of hydrogen-bond acceptors (Lipinski definition) is 4. The lowest BCUT2D eigenvalue weighted by Gasteiger charge is -2.32. The van der Waals surface area contributed by atoms with Crippen molar-refractivity contribution in [2.75, 3.05) is 18.4 Å². The van der Waals surface area contributed by atoms with E-state index in [0.717, 1.165) is 55.2 Å². The lowest BCUT2D eigenvalue weighted by atomic mass is 10.0. The number of rotatable bonds is 6. The van der Waals surface area contributed by atoms with Crippen molar-refractivity contribution in [2.24, 2.45) is 0 Å². The zero-order valence-electron chi connectivity index (χ0n) is 18.5. The van der Waals surface area contributed by atoms with Gasteiger partial charge in [0.2, 0.25) is 0 Å². The third-order valence-electron chi connectivity index (χ3n) is 5.78. The highest BCUT2D eigenvalue weighted by Gasteiger charge is 2.20. The van der Waals surface area contributed by atoms with Gasteiger partial charge in [-0.15, -0.1) is 0 Å². The van der Waals surface area contributed by atoms with Crippen LogP contribution in [0.2, 0.25) is 5.15 Å². The Morgan fingerprint density at radius 3 is 2.35 bits per heavy atom. The van der Waals surface area contributed by atoms with E-state index in [1.807, 2.05) is 6.07 Å². The minimum atomic E-state index is 0.383. The molecule has 162 valence electrons. The molecule has 0 atom stereocenters. The van der Waals surface area contributed by atoms with Gasteiger partial charge in [-0.3, -0.25) is 4.90 Å². The minimum Gasteiger partial charge on any atom is -0.457 e. The Balaban J connectivity index is 1.38. The average molecular weight is 436 g/mol. The fraction of sp³-hybridized carbons (Fsp3) is 0.346. The highest BCUT2D eigenvalue weighted by atomic mass is 35.5. The van der Waals surface area contributed by atoms with Crippen LogP contribution in [0.3, 0.4) is 0 Å². The third kappa shape index (κ3) is 5.78. The molecule has 1 N–H and O–H groups in total. The van der Waals surface area contributed by atoms with Crippen molar-refractivity contribution in [1.82, 2.24) is 9.88 Å². The van der Waals surface area contributed by atoms with Crippen LogP contribution in [0.5, 0.6) is 11.5 Å². The van der Waals surface area contributed by atoms with Crippen LogP contribution in [0.15, 0.2) is 54.6 Å². The van der Waals surface area contributed by atoms with E-state index >= 15 is 0 Å². The maximum atomic E-state index is 6.31. The van der Waals surface area contributed by atoms with Crippen LogP contribution in [0.1, 0.15) is 35.1 Å². The Morgan fingerprint density at radius 1 is 1.00 bits per heavy atom. The molecule has 2 aromatic carbocycles. The summed E-state index contributed by atoms with van der Waals surface area (Å²) in [6.45, 7) is 9.38. The Labute approximate surface area is 190 Å². The number of likely N-dealkylation sites (tertiary alicyclic amines) is 1. The summed E-state index contributed by atoms with van der Waals surface area (Å²) < 4.78 is 6.22. The summed E-state index contributed by atoms with van der Waals surface area (Å²) in [5.74, 6) is 2.36. The molecule has 0 aliphatic carbocycles. The van der Waals surface area contributed by atoms with Gasteiger partial charge in [-0.1, -0.05) is 59.6 Å². The highest BCUT2D eigenvalue weighted by molar-refractivity contribution is 6.29. The number of piperidine rings is 1. The van der Waals surface area contributed by atoms with E-state index in [1.165, 1.54) is 11.1 Å². The normalized spacial score (nSPS) is 15.1. The monoisotopic (exact) mass is 435 g/mol. The van der Waals surface area contributed by atoms with Crippen molar-refractivity contribution in [2.45, 2.75) is 46.2 Å². The van der Waals surface area contributed by atoms with Gasteiger partial charge in [0.1, 0.15) is 22.5 Å². The van der Waals surface area contributed by atoms with Crippen LogP contribution in [0.25, 0.3) is 0 Å². The summed E-state index contributed by atoms with van der Waals surface area (Å²) in [5, 5.41) is 4.00. The molecule has 0 saturated carbocycles. The number of pyridine rings is 1. The maximum Gasteiger partial charge on any atom is 0.135 e. The molecule has 0 radical (unpaired) electrons. The topological polar surface area (TPSA) is 37.4 Å². The molecule has 0 amide bonds. The molecule has 4 rings (SSSR count). The second kappa shape index (κ2) is 9.71. The van der Waals surface area contributed by atoms with E-state index < -0.39 is 0 Å². The SMILES string of the molecule is Cc1cc(C)c(Oc2cc(Cl)nc(NC3CCN(Cc4ccccc4)CC3)c2)c(C)c1. The van der Waals surface area contributed by atoms with Crippen LogP contribution >= 0.6 is 11.6 Å². The van der Waals surface area contributed by atoms with Gasteiger partial charge < -0.3 is 10.1 Å². The van der Waals surface area contributed by atoms with Gasteiger partial charge >= 0.3 is 0 Å². The van der Waals surface area contributed by atoms with E-state index in [1.54, 1.807) is 6.07 Å². The first-order valence-corrected chi connectivity index (χ1v) is 11.3. The first-order chi connectivity index (χ1) is 15.0. The minimum absolute atomic E-state index is 0.383. The molecule has 1 aromatic heterocycles. The number of nitrogens with zero attached hydrogens (tertiary/aromatic N) is 2. The summed E-state index contributed by atoms with van der Waals surface area (Å²) in [5.41, 5.74) is 4.83. The van der Waals surface area contributed by atoms with Gasteiger partial charge in [-0.2, -0.15) is 0 Å². The van der Waals surface area contributed by atoms with E-state index in [2.05, 4.69) is 78.4 Å². The van der Waals surface area contributed by atoms with E-state index in [0.29, 0.717) is 16.9 Å². The second-order valence-corrected chi connectivity index (χ2v) is 8.91. The van der Waals surface area contributed by atoms with Gasteiger partial charge in [0, 0.05) is 37.8 Å². The maximum absolute atomic E-state index is 6.31. The number of hydrogen-bond donors (Lipinski definition) is 1.